The van der Waals surface area contributed by atoms with Gasteiger partial charge in [-0.2, -0.15) is 5.26 Å². The van der Waals surface area contributed by atoms with Gasteiger partial charge < -0.3 is 9.64 Å². The van der Waals surface area contributed by atoms with E-state index < -0.39 is 0 Å². The second-order valence-electron chi connectivity index (χ2n) is 4.98. The Morgan fingerprint density at radius 2 is 2.24 bits per heavy atom. The maximum absolute atomic E-state index is 9.17. The van der Waals surface area contributed by atoms with Crippen molar-refractivity contribution in [2.75, 3.05) is 18.6 Å². The summed E-state index contributed by atoms with van der Waals surface area (Å²) < 4.78 is 5.24. The molecule has 1 saturated heterocycles. The van der Waals surface area contributed by atoms with Crippen LogP contribution in [0.25, 0.3) is 0 Å². The van der Waals surface area contributed by atoms with Crippen molar-refractivity contribution in [3.63, 3.8) is 0 Å². The molecule has 1 aromatic carbocycles. The van der Waals surface area contributed by atoms with Gasteiger partial charge in [-0.25, -0.2) is 0 Å². The van der Waals surface area contributed by atoms with E-state index in [9.17, 15) is 0 Å². The molecule has 0 saturated carbocycles. The number of hydrogen-bond acceptors (Lipinski definition) is 3. The third-order valence-electron chi connectivity index (χ3n) is 3.71. The molecule has 0 amide bonds. The molecule has 2 rings (SSSR count). The Kier molecular flexibility index (Phi) is 2.97. The van der Waals surface area contributed by atoms with Crippen molar-refractivity contribution < 1.29 is 4.74 Å². The maximum Gasteiger partial charge on any atom is 0.120 e. The number of rotatable bonds is 2. The summed E-state index contributed by atoms with van der Waals surface area (Å²) in [6.07, 6.45) is 0.931. The highest BCUT2D eigenvalue weighted by atomic mass is 16.5. The molecule has 90 valence electrons. The fourth-order valence-electron chi connectivity index (χ4n) is 2.55. The summed E-state index contributed by atoms with van der Waals surface area (Å²) in [6.45, 7) is 5.19. The van der Waals surface area contributed by atoms with Crippen LogP contribution < -0.4 is 9.64 Å². The molecule has 0 aromatic heterocycles. The van der Waals surface area contributed by atoms with Crippen LogP contribution in [0.3, 0.4) is 0 Å². The largest absolute Gasteiger partial charge is 0.497 e. The molecule has 1 unspecified atom stereocenters. The van der Waals surface area contributed by atoms with Crippen molar-refractivity contribution in [2.45, 2.75) is 25.8 Å². The van der Waals surface area contributed by atoms with Crippen molar-refractivity contribution in [3.05, 3.63) is 24.3 Å². The number of methoxy groups -OCH3 is 1. The third-order valence-corrected chi connectivity index (χ3v) is 3.71. The number of nitrogens with zero attached hydrogens (tertiary/aromatic N) is 2. The van der Waals surface area contributed by atoms with Gasteiger partial charge in [0, 0.05) is 18.3 Å². The Labute approximate surface area is 103 Å². The Balaban J connectivity index is 2.32. The zero-order chi connectivity index (χ0) is 12.5. The number of ether oxygens (including phenoxy) is 1. The van der Waals surface area contributed by atoms with Crippen LogP contribution in [0.2, 0.25) is 0 Å². The van der Waals surface area contributed by atoms with E-state index in [2.05, 4.69) is 30.9 Å². The highest BCUT2D eigenvalue weighted by Gasteiger charge is 2.41. The lowest BCUT2D eigenvalue weighted by atomic mass is 9.89. The van der Waals surface area contributed by atoms with Crippen molar-refractivity contribution in [1.82, 2.24) is 0 Å². The number of benzene rings is 1. The molecule has 1 aromatic rings. The van der Waals surface area contributed by atoms with Crippen LogP contribution in [0.5, 0.6) is 5.75 Å². The first-order chi connectivity index (χ1) is 8.09. The van der Waals surface area contributed by atoms with Gasteiger partial charge in [0.1, 0.15) is 5.75 Å². The Morgan fingerprint density at radius 1 is 1.47 bits per heavy atom. The van der Waals surface area contributed by atoms with Gasteiger partial charge in [0.2, 0.25) is 0 Å². The van der Waals surface area contributed by atoms with Gasteiger partial charge >= 0.3 is 0 Å². The first-order valence-corrected chi connectivity index (χ1v) is 5.91. The van der Waals surface area contributed by atoms with E-state index in [1.807, 2.05) is 18.2 Å². The zero-order valence-electron chi connectivity index (χ0n) is 10.6. The van der Waals surface area contributed by atoms with Crippen LogP contribution >= 0.6 is 0 Å². The number of anilines is 1. The topological polar surface area (TPSA) is 36.3 Å². The summed E-state index contributed by atoms with van der Waals surface area (Å²) in [5.74, 6) is 0.951. The number of nitriles is 1. The molecular weight excluding hydrogens is 212 g/mol. The molecule has 17 heavy (non-hydrogen) atoms. The second kappa shape index (κ2) is 4.29. The molecule has 3 heteroatoms. The van der Waals surface area contributed by atoms with Crippen LogP contribution in [0.1, 0.15) is 20.3 Å². The van der Waals surface area contributed by atoms with E-state index in [0.717, 1.165) is 24.4 Å². The molecule has 3 nitrogen and oxygen atoms in total. The quantitative estimate of drug-likeness (QED) is 0.783. The summed E-state index contributed by atoms with van der Waals surface area (Å²) >= 11 is 0. The molecule has 0 bridgehead atoms. The Bertz CT molecular complexity index is 448. The molecule has 1 heterocycles. The van der Waals surface area contributed by atoms with E-state index in [1.54, 1.807) is 7.11 Å². The van der Waals surface area contributed by atoms with Gasteiger partial charge in [0.05, 0.1) is 24.6 Å². The van der Waals surface area contributed by atoms with E-state index in [-0.39, 0.29) is 11.5 Å². The molecule has 0 spiro atoms. The standard InChI is InChI=1S/C14H18N2O/c1-14(2)11(10-15)7-8-16(14)12-5-4-6-13(9-12)17-3/h4-6,9,11H,7-8H2,1-3H3. The predicted octanol–water partition coefficient (Wildman–Crippen LogP) is 2.82. The summed E-state index contributed by atoms with van der Waals surface area (Å²) in [5, 5.41) is 9.17. The lowest BCUT2D eigenvalue weighted by Gasteiger charge is -2.35. The normalized spacial score (nSPS) is 22.2. The van der Waals surface area contributed by atoms with Crippen LogP contribution in [0.4, 0.5) is 5.69 Å². The fourth-order valence-corrected chi connectivity index (χ4v) is 2.55. The minimum Gasteiger partial charge on any atom is -0.497 e. The van der Waals surface area contributed by atoms with Crippen LogP contribution in [0, 0.1) is 17.2 Å². The highest BCUT2D eigenvalue weighted by molar-refractivity contribution is 5.54. The molecule has 0 aliphatic carbocycles. The molecule has 0 radical (unpaired) electrons. The average molecular weight is 230 g/mol. The van der Waals surface area contributed by atoms with E-state index >= 15 is 0 Å². The minimum atomic E-state index is -0.110. The molecule has 0 N–H and O–H groups in total. The van der Waals surface area contributed by atoms with Gasteiger partial charge in [-0.15, -0.1) is 0 Å². The van der Waals surface area contributed by atoms with Gasteiger partial charge in [0.25, 0.3) is 0 Å². The maximum atomic E-state index is 9.17. The van der Waals surface area contributed by atoms with Crippen molar-refractivity contribution in [2.24, 2.45) is 5.92 Å². The first-order valence-electron chi connectivity index (χ1n) is 5.91. The van der Waals surface area contributed by atoms with Gasteiger partial charge in [0.15, 0.2) is 0 Å². The molecular formula is C14H18N2O. The first kappa shape index (κ1) is 11.8. The third kappa shape index (κ3) is 1.95. The Hall–Kier alpha value is -1.69. The van der Waals surface area contributed by atoms with Crippen molar-refractivity contribution >= 4 is 5.69 Å². The van der Waals surface area contributed by atoms with Gasteiger partial charge in [-0.1, -0.05) is 6.07 Å². The SMILES string of the molecule is COc1cccc(N2CCC(C#N)C2(C)C)c1. The smallest absolute Gasteiger partial charge is 0.120 e. The van der Waals surface area contributed by atoms with Crippen LogP contribution in [-0.4, -0.2) is 19.2 Å². The average Bonchev–Trinajstić information content (AvgIpc) is 2.64. The van der Waals surface area contributed by atoms with Gasteiger partial charge in [-0.05, 0) is 32.4 Å². The molecule has 1 fully saturated rings. The lowest BCUT2D eigenvalue weighted by Crippen LogP contribution is -2.42. The summed E-state index contributed by atoms with van der Waals surface area (Å²) in [5.41, 5.74) is 1.02. The van der Waals surface area contributed by atoms with E-state index in [4.69, 9.17) is 10.00 Å². The molecule has 1 atom stereocenters. The zero-order valence-corrected chi connectivity index (χ0v) is 10.6. The fraction of sp³-hybridized carbons (Fsp3) is 0.500. The summed E-state index contributed by atoms with van der Waals surface area (Å²) in [7, 11) is 1.67. The Morgan fingerprint density at radius 3 is 2.82 bits per heavy atom. The summed E-state index contributed by atoms with van der Waals surface area (Å²) in [6, 6.07) is 10.4. The summed E-state index contributed by atoms with van der Waals surface area (Å²) in [4.78, 5) is 2.30. The second-order valence-corrected chi connectivity index (χ2v) is 4.98. The lowest BCUT2D eigenvalue weighted by molar-refractivity contribution is 0.413. The van der Waals surface area contributed by atoms with E-state index in [0.29, 0.717) is 0 Å². The van der Waals surface area contributed by atoms with Crippen LogP contribution in [0.15, 0.2) is 24.3 Å². The highest BCUT2D eigenvalue weighted by Crippen LogP contribution is 2.38. The monoisotopic (exact) mass is 230 g/mol. The predicted molar refractivity (Wildman–Crippen MR) is 68.1 cm³/mol. The number of hydrogen-bond donors (Lipinski definition) is 0. The van der Waals surface area contributed by atoms with Crippen LogP contribution in [-0.2, 0) is 0 Å². The van der Waals surface area contributed by atoms with Crippen molar-refractivity contribution in [3.8, 4) is 11.8 Å². The molecule has 1 aliphatic heterocycles. The van der Waals surface area contributed by atoms with Crippen molar-refractivity contribution in [1.29, 1.82) is 5.26 Å². The van der Waals surface area contributed by atoms with E-state index in [1.165, 1.54) is 0 Å². The molecule has 1 aliphatic rings. The minimum absolute atomic E-state index is 0.0914. The van der Waals surface area contributed by atoms with Gasteiger partial charge in [-0.3, -0.25) is 0 Å².